The van der Waals surface area contributed by atoms with E-state index in [9.17, 15) is 8.42 Å². The highest BCUT2D eigenvalue weighted by atomic mass is 32.2. The van der Waals surface area contributed by atoms with E-state index < -0.39 is 9.84 Å². The zero-order chi connectivity index (χ0) is 9.47. The highest BCUT2D eigenvalue weighted by Crippen LogP contribution is 2.15. The Morgan fingerprint density at radius 2 is 2.31 bits per heavy atom. The van der Waals surface area contributed by atoms with Gasteiger partial charge in [-0.1, -0.05) is 0 Å². The summed E-state index contributed by atoms with van der Waals surface area (Å²) in [5.41, 5.74) is 0. The fourth-order valence-corrected chi connectivity index (χ4v) is 2.74. The number of nitrogens with zero attached hydrogens (tertiary/aromatic N) is 3. The summed E-state index contributed by atoms with van der Waals surface area (Å²) in [6.07, 6.45) is 1.39. The van der Waals surface area contributed by atoms with E-state index in [-0.39, 0.29) is 10.4 Å². The molecule has 1 N–H and O–H groups in total. The van der Waals surface area contributed by atoms with Crippen molar-refractivity contribution in [1.29, 1.82) is 0 Å². The monoisotopic (exact) mass is 202 g/mol. The summed E-state index contributed by atoms with van der Waals surface area (Å²) in [6.45, 7) is 1.02. The number of aryl methyl sites for hydroxylation is 1. The van der Waals surface area contributed by atoms with E-state index in [1.165, 1.54) is 10.9 Å². The van der Waals surface area contributed by atoms with Gasteiger partial charge in [-0.05, 0) is 0 Å². The topological polar surface area (TPSA) is 76.9 Å². The van der Waals surface area contributed by atoms with Crippen molar-refractivity contribution < 1.29 is 8.42 Å². The summed E-state index contributed by atoms with van der Waals surface area (Å²) in [5, 5.41) is 9.76. The lowest BCUT2D eigenvalue weighted by atomic mass is 10.3. The maximum absolute atomic E-state index is 11.7. The Morgan fingerprint density at radius 3 is 2.69 bits per heavy atom. The molecule has 2 heterocycles. The third-order valence-electron chi connectivity index (χ3n) is 2.11. The molecule has 0 spiro atoms. The molecule has 0 saturated carbocycles. The average molecular weight is 202 g/mol. The standard InChI is InChI=1S/C6H10N4O2S/c1-10-4-8-9-6(10)13(11,12)5-2-7-3-5/h4-5,7H,2-3H2,1H3. The Balaban J connectivity index is 2.39. The van der Waals surface area contributed by atoms with Crippen molar-refractivity contribution in [2.45, 2.75) is 10.4 Å². The SMILES string of the molecule is Cn1cnnc1S(=O)(=O)C1CNC1. The number of sulfone groups is 1. The van der Waals surface area contributed by atoms with Crippen molar-refractivity contribution in [2.24, 2.45) is 7.05 Å². The Labute approximate surface area is 75.9 Å². The normalized spacial score (nSPS) is 18.5. The molecule has 0 aromatic carbocycles. The Morgan fingerprint density at radius 1 is 1.62 bits per heavy atom. The summed E-state index contributed by atoms with van der Waals surface area (Å²) >= 11 is 0. The second kappa shape index (κ2) is 2.78. The Hall–Kier alpha value is -0.950. The van der Waals surface area contributed by atoms with Gasteiger partial charge in [-0.15, -0.1) is 10.2 Å². The maximum atomic E-state index is 11.7. The second-order valence-corrected chi connectivity index (χ2v) is 5.17. The second-order valence-electron chi connectivity index (χ2n) is 3.05. The van der Waals surface area contributed by atoms with Crippen molar-refractivity contribution in [3.8, 4) is 0 Å². The molecule has 6 nitrogen and oxygen atoms in total. The van der Waals surface area contributed by atoms with Crippen LogP contribution >= 0.6 is 0 Å². The summed E-state index contributed by atoms with van der Waals surface area (Å²) in [5.74, 6) is 0. The number of hydrogen-bond acceptors (Lipinski definition) is 5. The molecule has 0 bridgehead atoms. The van der Waals surface area contributed by atoms with Crippen LogP contribution in [0.25, 0.3) is 0 Å². The molecule has 1 aromatic heterocycles. The summed E-state index contributed by atoms with van der Waals surface area (Å²) in [7, 11) is -1.64. The number of nitrogens with one attached hydrogen (secondary N) is 1. The first-order chi connectivity index (χ1) is 6.12. The minimum absolute atomic E-state index is 0.0546. The van der Waals surface area contributed by atoms with Gasteiger partial charge < -0.3 is 9.88 Å². The minimum Gasteiger partial charge on any atom is -0.314 e. The third kappa shape index (κ3) is 1.24. The van der Waals surface area contributed by atoms with Gasteiger partial charge in [0.05, 0.1) is 5.25 Å². The smallest absolute Gasteiger partial charge is 0.249 e. The van der Waals surface area contributed by atoms with Crippen LogP contribution in [0.5, 0.6) is 0 Å². The predicted molar refractivity (Wildman–Crippen MR) is 44.8 cm³/mol. The molecule has 1 aliphatic rings. The molecule has 0 unspecified atom stereocenters. The van der Waals surface area contributed by atoms with Gasteiger partial charge in [-0.3, -0.25) is 0 Å². The van der Waals surface area contributed by atoms with E-state index in [0.717, 1.165) is 0 Å². The highest BCUT2D eigenvalue weighted by Gasteiger charge is 2.35. The van der Waals surface area contributed by atoms with Crippen LogP contribution in [0, 0.1) is 0 Å². The predicted octanol–water partition coefficient (Wildman–Crippen LogP) is -1.44. The molecule has 13 heavy (non-hydrogen) atoms. The van der Waals surface area contributed by atoms with Crippen LogP contribution in [-0.4, -0.2) is 41.5 Å². The summed E-state index contributed by atoms with van der Waals surface area (Å²) < 4.78 is 24.9. The highest BCUT2D eigenvalue weighted by molar-refractivity contribution is 7.92. The molecule has 1 aromatic rings. The van der Waals surface area contributed by atoms with Gasteiger partial charge in [-0.25, -0.2) is 8.42 Å². The number of rotatable bonds is 2. The van der Waals surface area contributed by atoms with Gasteiger partial charge in [0.15, 0.2) is 0 Å². The zero-order valence-electron chi connectivity index (χ0n) is 7.14. The van der Waals surface area contributed by atoms with Crippen LogP contribution in [-0.2, 0) is 16.9 Å². The van der Waals surface area contributed by atoms with Gasteiger partial charge >= 0.3 is 0 Å². The fourth-order valence-electron chi connectivity index (χ4n) is 1.16. The molecule has 0 amide bonds. The van der Waals surface area contributed by atoms with Gasteiger partial charge in [0.1, 0.15) is 6.33 Å². The number of aromatic nitrogens is 3. The largest absolute Gasteiger partial charge is 0.314 e. The molecule has 0 radical (unpaired) electrons. The summed E-state index contributed by atoms with van der Waals surface area (Å²) in [4.78, 5) is 0. The van der Waals surface area contributed by atoms with Crippen LogP contribution in [0.15, 0.2) is 11.5 Å². The van der Waals surface area contributed by atoms with Gasteiger partial charge in [0.25, 0.3) is 0 Å². The van der Waals surface area contributed by atoms with Crippen LogP contribution < -0.4 is 5.32 Å². The molecule has 0 aliphatic carbocycles. The quantitative estimate of drug-likeness (QED) is 0.635. The van der Waals surface area contributed by atoms with Gasteiger partial charge in [0.2, 0.25) is 15.0 Å². The van der Waals surface area contributed by atoms with E-state index in [2.05, 4.69) is 15.5 Å². The van der Waals surface area contributed by atoms with Gasteiger partial charge in [0, 0.05) is 20.1 Å². The number of hydrogen-bond donors (Lipinski definition) is 1. The van der Waals surface area contributed by atoms with Crippen LogP contribution in [0.2, 0.25) is 0 Å². The van der Waals surface area contributed by atoms with E-state index in [0.29, 0.717) is 13.1 Å². The summed E-state index contributed by atoms with van der Waals surface area (Å²) in [6, 6.07) is 0. The molecule has 1 fully saturated rings. The van der Waals surface area contributed by atoms with E-state index in [1.54, 1.807) is 7.05 Å². The first-order valence-corrected chi connectivity index (χ1v) is 5.45. The Kier molecular flexibility index (Phi) is 1.85. The first-order valence-electron chi connectivity index (χ1n) is 3.91. The molecule has 7 heteroatoms. The van der Waals surface area contributed by atoms with Crippen LogP contribution in [0.4, 0.5) is 0 Å². The molecule has 2 rings (SSSR count). The molecule has 72 valence electrons. The third-order valence-corrected chi connectivity index (χ3v) is 4.20. The lowest BCUT2D eigenvalue weighted by Gasteiger charge is -2.25. The van der Waals surface area contributed by atoms with E-state index in [4.69, 9.17) is 0 Å². The Bertz CT molecular complexity index is 406. The molecular weight excluding hydrogens is 192 g/mol. The maximum Gasteiger partial charge on any atom is 0.249 e. The first kappa shape index (κ1) is 8.64. The molecule has 1 saturated heterocycles. The fraction of sp³-hybridized carbons (Fsp3) is 0.667. The molecular formula is C6H10N4O2S. The van der Waals surface area contributed by atoms with Crippen molar-refractivity contribution in [3.63, 3.8) is 0 Å². The van der Waals surface area contributed by atoms with E-state index in [1.807, 2.05) is 0 Å². The van der Waals surface area contributed by atoms with E-state index >= 15 is 0 Å². The molecule has 0 atom stereocenters. The lowest BCUT2D eigenvalue weighted by Crippen LogP contribution is -2.51. The van der Waals surface area contributed by atoms with Crippen LogP contribution in [0.1, 0.15) is 0 Å². The van der Waals surface area contributed by atoms with Gasteiger partial charge in [-0.2, -0.15) is 0 Å². The average Bonchev–Trinajstić information content (AvgIpc) is 2.29. The van der Waals surface area contributed by atoms with Crippen molar-refractivity contribution in [3.05, 3.63) is 6.33 Å². The molecule has 1 aliphatic heterocycles. The zero-order valence-corrected chi connectivity index (χ0v) is 7.95. The van der Waals surface area contributed by atoms with Crippen LogP contribution in [0.3, 0.4) is 0 Å². The minimum atomic E-state index is -3.26. The van der Waals surface area contributed by atoms with Crippen molar-refractivity contribution >= 4 is 9.84 Å². The lowest BCUT2D eigenvalue weighted by molar-refractivity contribution is 0.487. The van der Waals surface area contributed by atoms with Crippen molar-refractivity contribution in [2.75, 3.05) is 13.1 Å². The van der Waals surface area contributed by atoms with Crippen molar-refractivity contribution in [1.82, 2.24) is 20.1 Å².